The topological polar surface area (TPSA) is 37.8 Å². The van der Waals surface area contributed by atoms with Crippen LogP contribution in [0.15, 0.2) is 46.7 Å². The third-order valence-corrected chi connectivity index (χ3v) is 3.68. The van der Waals surface area contributed by atoms with Crippen LogP contribution in [-0.2, 0) is 6.54 Å². The van der Waals surface area contributed by atoms with E-state index in [9.17, 15) is 0 Å². The fraction of sp³-hybridized carbons (Fsp3) is 0.333. The van der Waals surface area contributed by atoms with Crippen LogP contribution in [-0.4, -0.2) is 16.5 Å². The van der Waals surface area contributed by atoms with Crippen LogP contribution in [0.1, 0.15) is 24.5 Å². The molecule has 0 aliphatic carbocycles. The number of aromatic nitrogens is 2. The molecule has 2 aromatic rings. The maximum atomic E-state index is 4.34. The zero-order chi connectivity index (χ0) is 13.5. The molecule has 0 atom stereocenters. The smallest absolute Gasteiger partial charge is 0.192 e. The van der Waals surface area contributed by atoms with Crippen molar-refractivity contribution >= 4 is 11.8 Å². The highest BCUT2D eigenvalue weighted by molar-refractivity contribution is 7.99. The summed E-state index contributed by atoms with van der Waals surface area (Å²) in [6.45, 7) is 6.10. The molecule has 0 saturated heterocycles. The van der Waals surface area contributed by atoms with E-state index in [1.807, 2.05) is 19.3 Å². The van der Waals surface area contributed by atoms with Crippen molar-refractivity contribution < 1.29 is 0 Å². The van der Waals surface area contributed by atoms with Crippen molar-refractivity contribution in [3.63, 3.8) is 0 Å². The van der Waals surface area contributed by atoms with E-state index in [4.69, 9.17) is 0 Å². The second kappa shape index (κ2) is 7.26. The fourth-order valence-corrected chi connectivity index (χ4v) is 2.51. The van der Waals surface area contributed by atoms with Gasteiger partial charge >= 0.3 is 0 Å². The lowest BCUT2D eigenvalue weighted by Crippen LogP contribution is -2.14. The molecular weight excluding hydrogens is 254 g/mol. The van der Waals surface area contributed by atoms with Gasteiger partial charge in [0.2, 0.25) is 0 Å². The molecule has 0 amide bonds. The van der Waals surface area contributed by atoms with Gasteiger partial charge in [0, 0.05) is 23.8 Å². The quantitative estimate of drug-likeness (QED) is 0.646. The van der Waals surface area contributed by atoms with Gasteiger partial charge in [-0.2, -0.15) is 0 Å². The molecule has 100 valence electrons. The van der Waals surface area contributed by atoms with Gasteiger partial charge in [-0.05, 0) is 48.8 Å². The molecule has 1 aromatic heterocycles. The Bertz CT molecular complexity index is 511. The van der Waals surface area contributed by atoms with Gasteiger partial charge in [0.25, 0.3) is 0 Å². The molecule has 1 heterocycles. The summed E-state index contributed by atoms with van der Waals surface area (Å²) in [5.41, 5.74) is 2.38. The number of aryl methyl sites for hydroxylation is 1. The first kappa shape index (κ1) is 14.0. The summed E-state index contributed by atoms with van der Waals surface area (Å²) in [5.74, 6) is 0. The van der Waals surface area contributed by atoms with Crippen molar-refractivity contribution in [2.45, 2.75) is 36.9 Å². The summed E-state index contributed by atoms with van der Waals surface area (Å²) in [6, 6.07) is 8.40. The third-order valence-electron chi connectivity index (χ3n) is 2.67. The normalized spacial score (nSPS) is 10.6. The van der Waals surface area contributed by atoms with Crippen LogP contribution < -0.4 is 5.32 Å². The highest BCUT2D eigenvalue weighted by Crippen LogP contribution is 2.27. The van der Waals surface area contributed by atoms with Gasteiger partial charge in [-0.15, -0.1) is 0 Å². The molecule has 0 unspecified atom stereocenters. The van der Waals surface area contributed by atoms with E-state index in [1.54, 1.807) is 11.8 Å². The van der Waals surface area contributed by atoms with Gasteiger partial charge in [0.05, 0.1) is 0 Å². The van der Waals surface area contributed by atoms with Crippen molar-refractivity contribution in [1.82, 2.24) is 15.3 Å². The van der Waals surface area contributed by atoms with Gasteiger partial charge in [0.15, 0.2) is 5.16 Å². The molecule has 19 heavy (non-hydrogen) atoms. The highest BCUT2D eigenvalue weighted by atomic mass is 32.2. The molecule has 3 nitrogen and oxygen atoms in total. The minimum atomic E-state index is 0.800. The minimum Gasteiger partial charge on any atom is -0.313 e. The molecule has 0 radical (unpaired) electrons. The van der Waals surface area contributed by atoms with Crippen LogP contribution >= 0.6 is 11.8 Å². The molecule has 2 rings (SSSR count). The minimum absolute atomic E-state index is 0.800. The van der Waals surface area contributed by atoms with E-state index in [-0.39, 0.29) is 0 Å². The van der Waals surface area contributed by atoms with E-state index in [0.29, 0.717) is 0 Å². The van der Waals surface area contributed by atoms with Gasteiger partial charge in [-0.25, -0.2) is 9.97 Å². The average molecular weight is 273 g/mol. The van der Waals surface area contributed by atoms with Crippen LogP contribution in [0.3, 0.4) is 0 Å². The van der Waals surface area contributed by atoms with Crippen LogP contribution in [0, 0.1) is 6.92 Å². The number of nitrogens with zero attached hydrogens (tertiary/aromatic N) is 2. The summed E-state index contributed by atoms with van der Waals surface area (Å²) in [4.78, 5) is 9.90. The van der Waals surface area contributed by atoms with E-state index in [0.717, 1.165) is 30.2 Å². The van der Waals surface area contributed by atoms with Crippen LogP contribution in [0.4, 0.5) is 0 Å². The maximum Gasteiger partial charge on any atom is 0.192 e. The Balaban J connectivity index is 2.08. The van der Waals surface area contributed by atoms with Gasteiger partial charge in [0.1, 0.15) is 0 Å². The second-order valence-corrected chi connectivity index (χ2v) is 5.44. The van der Waals surface area contributed by atoms with E-state index in [2.05, 4.69) is 46.5 Å². The van der Waals surface area contributed by atoms with E-state index < -0.39 is 0 Å². The summed E-state index contributed by atoms with van der Waals surface area (Å²) < 4.78 is 0. The Morgan fingerprint density at radius 2 is 1.89 bits per heavy atom. The summed E-state index contributed by atoms with van der Waals surface area (Å²) in [5, 5.41) is 4.23. The first-order valence-corrected chi connectivity index (χ1v) is 7.36. The summed E-state index contributed by atoms with van der Waals surface area (Å²) >= 11 is 1.62. The predicted molar refractivity (Wildman–Crippen MR) is 79.3 cm³/mol. The Morgan fingerprint density at radius 1 is 1.16 bits per heavy atom. The second-order valence-electron chi connectivity index (χ2n) is 4.43. The molecule has 0 aliphatic heterocycles. The third kappa shape index (κ3) is 4.33. The average Bonchev–Trinajstić information content (AvgIpc) is 2.43. The lowest BCUT2D eigenvalue weighted by Gasteiger charge is -2.09. The number of hydrogen-bond acceptors (Lipinski definition) is 4. The number of rotatable bonds is 6. The Hall–Kier alpha value is -1.39. The van der Waals surface area contributed by atoms with Gasteiger partial charge < -0.3 is 5.32 Å². The molecular formula is C15H19N3S. The van der Waals surface area contributed by atoms with Crippen molar-refractivity contribution in [2.24, 2.45) is 0 Å². The molecule has 4 heteroatoms. The Morgan fingerprint density at radius 3 is 2.63 bits per heavy atom. The summed E-state index contributed by atoms with van der Waals surface area (Å²) in [6.07, 6.45) is 4.86. The fourth-order valence-electron chi connectivity index (χ4n) is 1.68. The van der Waals surface area contributed by atoms with E-state index >= 15 is 0 Å². The summed E-state index contributed by atoms with van der Waals surface area (Å²) in [7, 11) is 0. The molecule has 1 N–H and O–H groups in total. The van der Waals surface area contributed by atoms with Crippen LogP contribution in [0.2, 0.25) is 0 Å². The number of benzene rings is 1. The molecule has 0 aliphatic rings. The molecule has 0 spiro atoms. The van der Waals surface area contributed by atoms with E-state index in [1.165, 1.54) is 10.5 Å². The van der Waals surface area contributed by atoms with Crippen molar-refractivity contribution in [1.29, 1.82) is 0 Å². The zero-order valence-electron chi connectivity index (χ0n) is 11.4. The van der Waals surface area contributed by atoms with Crippen LogP contribution in [0.25, 0.3) is 0 Å². The van der Waals surface area contributed by atoms with Crippen LogP contribution in [0.5, 0.6) is 0 Å². The molecule has 0 bridgehead atoms. The zero-order valence-corrected chi connectivity index (χ0v) is 12.2. The molecule has 0 fully saturated rings. The van der Waals surface area contributed by atoms with Gasteiger partial charge in [-0.3, -0.25) is 0 Å². The number of nitrogens with one attached hydrogen (secondary N) is 1. The standard InChI is InChI=1S/C15H19N3S/c1-3-8-16-11-13-6-4-5-7-14(13)19-15-17-9-12(2)10-18-15/h4-7,9-10,16H,3,8,11H2,1-2H3. The SMILES string of the molecule is CCCNCc1ccccc1Sc1ncc(C)cn1. The molecule has 1 aromatic carbocycles. The van der Waals surface area contributed by atoms with Gasteiger partial charge in [-0.1, -0.05) is 25.1 Å². The molecule has 0 saturated carbocycles. The van der Waals surface area contributed by atoms with Crippen molar-refractivity contribution in [3.8, 4) is 0 Å². The maximum absolute atomic E-state index is 4.34. The first-order chi connectivity index (χ1) is 9.29. The highest BCUT2D eigenvalue weighted by Gasteiger charge is 2.05. The number of hydrogen-bond donors (Lipinski definition) is 1. The Kier molecular flexibility index (Phi) is 5.36. The van der Waals surface area contributed by atoms with Crippen molar-refractivity contribution in [3.05, 3.63) is 47.8 Å². The predicted octanol–water partition coefficient (Wildman–Crippen LogP) is 3.44. The lowest BCUT2D eigenvalue weighted by atomic mass is 10.2. The lowest BCUT2D eigenvalue weighted by molar-refractivity contribution is 0.669. The van der Waals surface area contributed by atoms with Crippen molar-refractivity contribution in [2.75, 3.05) is 6.54 Å². The first-order valence-electron chi connectivity index (χ1n) is 6.54. The monoisotopic (exact) mass is 273 g/mol. The largest absolute Gasteiger partial charge is 0.313 e. The Labute approximate surface area is 118 Å².